The van der Waals surface area contributed by atoms with Gasteiger partial charge in [0, 0.05) is 24.8 Å². The van der Waals surface area contributed by atoms with Crippen LogP contribution in [-0.2, 0) is 6.54 Å². The first kappa shape index (κ1) is 14.3. The van der Waals surface area contributed by atoms with Crippen LogP contribution in [-0.4, -0.2) is 19.1 Å². The van der Waals surface area contributed by atoms with E-state index in [2.05, 4.69) is 17.0 Å². The summed E-state index contributed by atoms with van der Waals surface area (Å²) >= 11 is 5.01. The molecule has 2 aromatic carbocycles. The number of nitrogens with zero attached hydrogens (tertiary/aromatic N) is 1. The summed E-state index contributed by atoms with van der Waals surface area (Å²) in [7, 11) is 3.71. The minimum Gasteiger partial charge on any atom is -0.497 e. The number of benzene rings is 2. The van der Waals surface area contributed by atoms with Gasteiger partial charge in [-0.3, -0.25) is 0 Å². The number of hydrogen-bond donors (Lipinski definition) is 1. The first-order valence-corrected chi connectivity index (χ1v) is 6.75. The molecule has 0 saturated heterocycles. The third-order valence-electron chi connectivity index (χ3n) is 3.15. The normalized spacial score (nSPS) is 10.1. The maximum absolute atomic E-state index is 5.67. The van der Waals surface area contributed by atoms with Crippen LogP contribution in [0.2, 0.25) is 0 Å². The van der Waals surface area contributed by atoms with Gasteiger partial charge in [0.2, 0.25) is 0 Å². The average Bonchev–Trinajstić information content (AvgIpc) is 2.48. The number of thiocarbonyl (C=S) groups is 1. The van der Waals surface area contributed by atoms with Crippen LogP contribution in [0.15, 0.2) is 48.5 Å². The van der Waals surface area contributed by atoms with Gasteiger partial charge in [-0.25, -0.2) is 0 Å². The largest absolute Gasteiger partial charge is 0.497 e. The molecule has 20 heavy (non-hydrogen) atoms. The van der Waals surface area contributed by atoms with Gasteiger partial charge < -0.3 is 15.4 Å². The van der Waals surface area contributed by atoms with Gasteiger partial charge in [-0.05, 0) is 29.8 Å². The second-order valence-electron chi connectivity index (χ2n) is 4.62. The fraction of sp³-hybridized carbons (Fsp3) is 0.188. The van der Waals surface area contributed by atoms with Crippen molar-refractivity contribution in [3.8, 4) is 5.75 Å². The van der Waals surface area contributed by atoms with Gasteiger partial charge in [0.05, 0.1) is 7.11 Å². The van der Waals surface area contributed by atoms with E-state index in [9.17, 15) is 0 Å². The molecule has 2 N–H and O–H groups in total. The molecular weight excluding hydrogens is 268 g/mol. The molecule has 0 amide bonds. The quantitative estimate of drug-likeness (QED) is 0.858. The van der Waals surface area contributed by atoms with Crippen molar-refractivity contribution < 1.29 is 4.74 Å². The molecule has 0 aromatic heterocycles. The Morgan fingerprint density at radius 1 is 1.20 bits per heavy atom. The standard InChI is InChI=1S/C16H18N2OS/c1-18(11-12-6-8-15(19-2)9-7-12)14-5-3-4-13(10-14)16(17)20/h3-10H,11H2,1-2H3,(H2,17,20). The van der Waals surface area contributed by atoms with E-state index in [-0.39, 0.29) is 0 Å². The monoisotopic (exact) mass is 286 g/mol. The zero-order valence-electron chi connectivity index (χ0n) is 11.7. The Labute approximate surface area is 125 Å². The zero-order chi connectivity index (χ0) is 14.5. The molecule has 0 aliphatic rings. The van der Waals surface area contributed by atoms with Crippen molar-refractivity contribution in [2.45, 2.75) is 6.54 Å². The summed E-state index contributed by atoms with van der Waals surface area (Å²) < 4.78 is 5.16. The minimum atomic E-state index is 0.421. The SMILES string of the molecule is COc1ccc(CN(C)c2cccc(C(N)=S)c2)cc1. The van der Waals surface area contributed by atoms with E-state index in [1.54, 1.807) is 7.11 Å². The van der Waals surface area contributed by atoms with Crippen LogP contribution in [0.1, 0.15) is 11.1 Å². The third-order valence-corrected chi connectivity index (χ3v) is 3.39. The van der Waals surface area contributed by atoms with Gasteiger partial charge in [-0.1, -0.05) is 36.5 Å². The number of methoxy groups -OCH3 is 1. The Balaban J connectivity index is 2.12. The minimum absolute atomic E-state index is 0.421. The van der Waals surface area contributed by atoms with E-state index in [1.807, 2.05) is 43.4 Å². The Kier molecular flexibility index (Phi) is 4.58. The van der Waals surface area contributed by atoms with Gasteiger partial charge >= 0.3 is 0 Å². The Morgan fingerprint density at radius 2 is 1.90 bits per heavy atom. The first-order valence-electron chi connectivity index (χ1n) is 6.34. The van der Waals surface area contributed by atoms with Crippen LogP contribution in [0, 0.1) is 0 Å². The summed E-state index contributed by atoms with van der Waals surface area (Å²) in [5, 5.41) is 0. The molecule has 0 unspecified atom stereocenters. The number of ether oxygens (including phenoxy) is 1. The predicted octanol–water partition coefficient (Wildman–Crippen LogP) is 2.97. The molecule has 2 rings (SSSR count). The maximum Gasteiger partial charge on any atom is 0.118 e. The maximum atomic E-state index is 5.67. The van der Waals surface area contributed by atoms with Gasteiger partial charge in [-0.15, -0.1) is 0 Å². The Bertz CT molecular complexity index is 596. The third kappa shape index (κ3) is 3.48. The van der Waals surface area contributed by atoms with E-state index in [4.69, 9.17) is 22.7 Å². The van der Waals surface area contributed by atoms with Crippen molar-refractivity contribution in [3.05, 3.63) is 59.7 Å². The highest BCUT2D eigenvalue weighted by molar-refractivity contribution is 7.80. The molecule has 0 atom stereocenters. The molecule has 0 aliphatic heterocycles. The second kappa shape index (κ2) is 6.39. The molecule has 2 aromatic rings. The van der Waals surface area contributed by atoms with E-state index in [0.717, 1.165) is 23.5 Å². The molecule has 104 valence electrons. The van der Waals surface area contributed by atoms with E-state index in [1.165, 1.54) is 5.56 Å². The summed E-state index contributed by atoms with van der Waals surface area (Å²) in [6, 6.07) is 16.0. The summed E-state index contributed by atoms with van der Waals surface area (Å²) in [5.74, 6) is 0.867. The molecule has 4 heteroatoms. The van der Waals surface area contributed by atoms with Gasteiger partial charge in [-0.2, -0.15) is 0 Å². The molecule has 0 spiro atoms. The summed E-state index contributed by atoms with van der Waals surface area (Å²) in [6.07, 6.45) is 0. The van der Waals surface area contributed by atoms with Crippen LogP contribution >= 0.6 is 12.2 Å². The van der Waals surface area contributed by atoms with Crippen LogP contribution in [0.3, 0.4) is 0 Å². The van der Waals surface area contributed by atoms with E-state index < -0.39 is 0 Å². The van der Waals surface area contributed by atoms with Gasteiger partial charge in [0.1, 0.15) is 10.7 Å². The number of rotatable bonds is 5. The van der Waals surface area contributed by atoms with E-state index >= 15 is 0 Å². The van der Waals surface area contributed by atoms with Crippen LogP contribution in [0.4, 0.5) is 5.69 Å². The number of hydrogen-bond acceptors (Lipinski definition) is 3. The van der Waals surface area contributed by atoms with Crippen molar-refractivity contribution in [1.29, 1.82) is 0 Å². The van der Waals surface area contributed by atoms with Gasteiger partial charge in [0.15, 0.2) is 0 Å². The summed E-state index contributed by atoms with van der Waals surface area (Å²) in [5.41, 5.74) is 8.86. The Morgan fingerprint density at radius 3 is 2.50 bits per heavy atom. The molecule has 0 heterocycles. The lowest BCUT2D eigenvalue weighted by Gasteiger charge is -2.20. The van der Waals surface area contributed by atoms with Crippen LogP contribution in [0.5, 0.6) is 5.75 Å². The van der Waals surface area contributed by atoms with Crippen molar-refractivity contribution in [2.24, 2.45) is 5.73 Å². The molecule has 0 saturated carbocycles. The zero-order valence-corrected chi connectivity index (χ0v) is 12.5. The molecule has 0 bridgehead atoms. The highest BCUT2D eigenvalue weighted by Gasteiger charge is 2.04. The average molecular weight is 286 g/mol. The van der Waals surface area contributed by atoms with E-state index in [0.29, 0.717) is 4.99 Å². The smallest absolute Gasteiger partial charge is 0.118 e. The molecule has 0 aliphatic carbocycles. The lowest BCUT2D eigenvalue weighted by molar-refractivity contribution is 0.414. The first-order chi connectivity index (χ1) is 9.60. The predicted molar refractivity (Wildman–Crippen MR) is 87.4 cm³/mol. The topological polar surface area (TPSA) is 38.5 Å². The highest BCUT2D eigenvalue weighted by atomic mass is 32.1. The molecule has 0 fully saturated rings. The Hall–Kier alpha value is -2.07. The molecule has 3 nitrogen and oxygen atoms in total. The fourth-order valence-electron chi connectivity index (χ4n) is 1.99. The van der Waals surface area contributed by atoms with Crippen molar-refractivity contribution in [3.63, 3.8) is 0 Å². The van der Waals surface area contributed by atoms with Gasteiger partial charge in [0.25, 0.3) is 0 Å². The summed E-state index contributed by atoms with van der Waals surface area (Å²) in [6.45, 7) is 0.810. The summed E-state index contributed by atoms with van der Waals surface area (Å²) in [4.78, 5) is 2.58. The number of anilines is 1. The van der Waals surface area contributed by atoms with Crippen molar-refractivity contribution in [2.75, 3.05) is 19.1 Å². The second-order valence-corrected chi connectivity index (χ2v) is 5.06. The van der Waals surface area contributed by atoms with Crippen LogP contribution < -0.4 is 15.4 Å². The van der Waals surface area contributed by atoms with Crippen molar-refractivity contribution >= 4 is 22.9 Å². The fourth-order valence-corrected chi connectivity index (χ4v) is 2.12. The number of nitrogens with two attached hydrogens (primary N) is 1. The molecular formula is C16H18N2OS. The van der Waals surface area contributed by atoms with Crippen LogP contribution in [0.25, 0.3) is 0 Å². The lowest BCUT2D eigenvalue weighted by atomic mass is 10.1. The highest BCUT2D eigenvalue weighted by Crippen LogP contribution is 2.18. The lowest BCUT2D eigenvalue weighted by Crippen LogP contribution is -2.17. The van der Waals surface area contributed by atoms with Crippen molar-refractivity contribution in [1.82, 2.24) is 0 Å². The molecule has 0 radical (unpaired) electrons.